The number of aromatic nitrogens is 3. The van der Waals surface area contributed by atoms with Crippen LogP contribution in [-0.4, -0.2) is 41.1 Å². The van der Waals surface area contributed by atoms with E-state index in [0.717, 1.165) is 44.0 Å². The van der Waals surface area contributed by atoms with Crippen LogP contribution in [0.2, 0.25) is 5.28 Å². The van der Waals surface area contributed by atoms with E-state index in [4.69, 9.17) is 11.6 Å². The van der Waals surface area contributed by atoms with Crippen LogP contribution in [0.25, 0.3) is 0 Å². The Labute approximate surface area is 131 Å². The highest BCUT2D eigenvalue weighted by Crippen LogP contribution is 2.25. The monoisotopic (exact) mass is 309 g/mol. The molecule has 3 rings (SSSR count). The van der Waals surface area contributed by atoms with Gasteiger partial charge in [0.15, 0.2) is 0 Å². The third-order valence-corrected chi connectivity index (χ3v) is 4.87. The van der Waals surface area contributed by atoms with E-state index in [1.807, 2.05) is 0 Å². The molecule has 2 fully saturated rings. The van der Waals surface area contributed by atoms with Gasteiger partial charge in [-0.25, -0.2) is 0 Å². The van der Waals surface area contributed by atoms with Gasteiger partial charge >= 0.3 is 0 Å². The summed E-state index contributed by atoms with van der Waals surface area (Å²) in [6.07, 6.45) is 7.43. The van der Waals surface area contributed by atoms with Crippen LogP contribution >= 0.6 is 11.6 Å². The molecule has 1 aromatic heterocycles. The number of hydrogen-bond acceptors (Lipinski definition) is 5. The van der Waals surface area contributed by atoms with Gasteiger partial charge in [-0.2, -0.15) is 15.0 Å². The number of halogens is 1. The molecular weight excluding hydrogens is 286 g/mol. The number of anilines is 2. The normalized spacial score (nSPS) is 20.9. The second-order valence-electron chi connectivity index (χ2n) is 6.09. The van der Waals surface area contributed by atoms with E-state index in [0.29, 0.717) is 5.28 Å². The molecule has 5 nitrogen and oxygen atoms in total. The Balaban J connectivity index is 1.74. The van der Waals surface area contributed by atoms with Gasteiger partial charge in [-0.3, -0.25) is 0 Å². The predicted octanol–water partition coefficient (Wildman–Crippen LogP) is 3.14. The molecule has 0 radical (unpaired) electrons. The van der Waals surface area contributed by atoms with Crippen LogP contribution in [0.1, 0.15) is 45.4 Å². The summed E-state index contributed by atoms with van der Waals surface area (Å²) in [6, 6.07) is 0. The van der Waals surface area contributed by atoms with Crippen molar-refractivity contribution in [2.45, 2.75) is 45.4 Å². The summed E-state index contributed by atoms with van der Waals surface area (Å²) in [5, 5.41) is 0.318. The summed E-state index contributed by atoms with van der Waals surface area (Å²) in [5.41, 5.74) is 0. The van der Waals surface area contributed by atoms with Crippen molar-refractivity contribution in [3.05, 3.63) is 5.28 Å². The van der Waals surface area contributed by atoms with E-state index in [-0.39, 0.29) is 0 Å². The molecule has 6 heteroatoms. The van der Waals surface area contributed by atoms with Crippen molar-refractivity contribution < 1.29 is 0 Å². The summed E-state index contributed by atoms with van der Waals surface area (Å²) in [4.78, 5) is 17.8. The largest absolute Gasteiger partial charge is 0.341 e. The zero-order valence-electron chi connectivity index (χ0n) is 12.8. The lowest BCUT2D eigenvalue weighted by Crippen LogP contribution is -2.36. The van der Waals surface area contributed by atoms with E-state index in [1.54, 1.807) is 0 Å². The predicted molar refractivity (Wildman–Crippen MR) is 86.1 cm³/mol. The lowest BCUT2D eigenvalue weighted by Gasteiger charge is -2.32. The lowest BCUT2D eigenvalue weighted by molar-refractivity contribution is 0.392. The van der Waals surface area contributed by atoms with Gasteiger partial charge in [0.2, 0.25) is 17.2 Å². The lowest BCUT2D eigenvalue weighted by atomic mass is 9.95. The first-order valence-corrected chi connectivity index (χ1v) is 8.55. The Kier molecular flexibility index (Phi) is 4.78. The first-order valence-electron chi connectivity index (χ1n) is 8.17. The second-order valence-corrected chi connectivity index (χ2v) is 6.43. The van der Waals surface area contributed by atoms with E-state index < -0.39 is 0 Å². The van der Waals surface area contributed by atoms with Crippen LogP contribution in [-0.2, 0) is 0 Å². The average Bonchev–Trinajstić information content (AvgIpc) is 2.55. The van der Waals surface area contributed by atoms with Crippen molar-refractivity contribution in [2.75, 3.05) is 36.0 Å². The molecule has 2 saturated heterocycles. The van der Waals surface area contributed by atoms with Crippen molar-refractivity contribution in [3.63, 3.8) is 0 Å². The SMILES string of the molecule is CCC1CCN(c2nc(Cl)nc(N3CCCCC3)n2)CC1. The Morgan fingerprint density at radius 2 is 1.48 bits per heavy atom. The summed E-state index contributed by atoms with van der Waals surface area (Å²) >= 11 is 6.13. The van der Waals surface area contributed by atoms with Gasteiger partial charge in [0.1, 0.15) is 0 Å². The van der Waals surface area contributed by atoms with Gasteiger partial charge in [0, 0.05) is 26.2 Å². The van der Waals surface area contributed by atoms with Crippen molar-refractivity contribution in [2.24, 2.45) is 5.92 Å². The Bertz CT molecular complexity index is 467. The minimum atomic E-state index is 0.318. The zero-order chi connectivity index (χ0) is 14.7. The molecule has 0 saturated carbocycles. The van der Waals surface area contributed by atoms with Crippen molar-refractivity contribution >= 4 is 23.5 Å². The number of piperidine rings is 2. The van der Waals surface area contributed by atoms with Gasteiger partial charge in [-0.15, -0.1) is 0 Å². The van der Waals surface area contributed by atoms with Gasteiger partial charge in [-0.05, 0) is 49.6 Å². The van der Waals surface area contributed by atoms with Crippen LogP contribution in [0.5, 0.6) is 0 Å². The standard InChI is InChI=1S/C15H24ClN5/c1-2-12-6-10-21(11-7-12)15-18-13(16)17-14(19-15)20-8-4-3-5-9-20/h12H,2-11H2,1H3. The first kappa shape index (κ1) is 14.8. The minimum Gasteiger partial charge on any atom is -0.341 e. The molecule has 3 heterocycles. The fraction of sp³-hybridized carbons (Fsp3) is 0.800. The Hall–Kier alpha value is -1.10. The molecular formula is C15H24ClN5. The molecule has 21 heavy (non-hydrogen) atoms. The quantitative estimate of drug-likeness (QED) is 0.858. The van der Waals surface area contributed by atoms with Gasteiger partial charge in [0.25, 0.3) is 0 Å². The minimum absolute atomic E-state index is 0.318. The molecule has 0 amide bonds. The van der Waals surface area contributed by atoms with Crippen molar-refractivity contribution in [1.29, 1.82) is 0 Å². The van der Waals surface area contributed by atoms with Crippen LogP contribution < -0.4 is 9.80 Å². The van der Waals surface area contributed by atoms with Gasteiger partial charge < -0.3 is 9.80 Å². The first-order chi connectivity index (χ1) is 10.3. The summed E-state index contributed by atoms with van der Waals surface area (Å²) < 4.78 is 0. The maximum Gasteiger partial charge on any atom is 0.231 e. The van der Waals surface area contributed by atoms with Crippen LogP contribution in [0.4, 0.5) is 11.9 Å². The molecule has 0 spiro atoms. The zero-order valence-corrected chi connectivity index (χ0v) is 13.5. The van der Waals surface area contributed by atoms with Crippen LogP contribution in [0.3, 0.4) is 0 Å². The fourth-order valence-electron chi connectivity index (χ4n) is 3.25. The van der Waals surface area contributed by atoms with Gasteiger partial charge in [-0.1, -0.05) is 13.3 Å². The second kappa shape index (κ2) is 6.77. The number of nitrogens with zero attached hydrogens (tertiary/aromatic N) is 5. The number of rotatable bonds is 3. The molecule has 2 aliphatic heterocycles. The average molecular weight is 310 g/mol. The highest BCUT2D eigenvalue weighted by molar-refractivity contribution is 6.28. The van der Waals surface area contributed by atoms with Crippen molar-refractivity contribution in [3.8, 4) is 0 Å². The maximum atomic E-state index is 6.13. The third kappa shape index (κ3) is 3.57. The molecule has 2 aliphatic rings. The topological polar surface area (TPSA) is 45.2 Å². The molecule has 0 aliphatic carbocycles. The summed E-state index contributed by atoms with van der Waals surface area (Å²) in [6.45, 7) is 6.38. The highest BCUT2D eigenvalue weighted by Gasteiger charge is 2.22. The van der Waals surface area contributed by atoms with E-state index in [9.17, 15) is 0 Å². The third-order valence-electron chi connectivity index (χ3n) is 4.70. The molecule has 0 unspecified atom stereocenters. The smallest absolute Gasteiger partial charge is 0.231 e. The Morgan fingerprint density at radius 1 is 0.905 bits per heavy atom. The Morgan fingerprint density at radius 3 is 2.05 bits per heavy atom. The van der Waals surface area contributed by atoms with E-state index >= 15 is 0 Å². The molecule has 116 valence electrons. The summed E-state index contributed by atoms with van der Waals surface area (Å²) in [7, 11) is 0. The van der Waals surface area contributed by atoms with Gasteiger partial charge in [0.05, 0.1) is 0 Å². The van der Waals surface area contributed by atoms with E-state index in [1.165, 1.54) is 38.5 Å². The van der Waals surface area contributed by atoms with Crippen molar-refractivity contribution in [1.82, 2.24) is 15.0 Å². The molecule has 0 aromatic carbocycles. The van der Waals surface area contributed by atoms with E-state index in [2.05, 4.69) is 31.7 Å². The number of hydrogen-bond donors (Lipinski definition) is 0. The molecule has 0 N–H and O–H groups in total. The molecule has 0 atom stereocenters. The fourth-order valence-corrected chi connectivity index (χ4v) is 3.40. The molecule has 0 bridgehead atoms. The maximum absolute atomic E-state index is 6.13. The summed E-state index contributed by atoms with van der Waals surface area (Å²) in [5.74, 6) is 2.35. The highest BCUT2D eigenvalue weighted by atomic mass is 35.5. The van der Waals surface area contributed by atoms with Crippen LogP contribution in [0.15, 0.2) is 0 Å². The van der Waals surface area contributed by atoms with Crippen LogP contribution in [0, 0.1) is 5.92 Å². The molecule has 1 aromatic rings.